The van der Waals surface area contributed by atoms with Crippen LogP contribution in [0.5, 0.6) is 5.75 Å². The first-order valence-corrected chi connectivity index (χ1v) is 10.3. The Morgan fingerprint density at radius 2 is 1.88 bits per heavy atom. The van der Waals surface area contributed by atoms with Crippen molar-refractivity contribution in [2.45, 2.75) is 20.4 Å². The van der Waals surface area contributed by atoms with E-state index in [0.29, 0.717) is 34.6 Å². The molecule has 1 N–H and O–H groups in total. The number of esters is 1. The zero-order valence-corrected chi connectivity index (χ0v) is 18.7. The number of amides is 2. The second kappa shape index (κ2) is 9.68. The highest BCUT2D eigenvalue weighted by molar-refractivity contribution is 6.07. The lowest BCUT2D eigenvalue weighted by molar-refractivity contribution is -0.137. The van der Waals surface area contributed by atoms with Crippen LogP contribution in [0.1, 0.15) is 29.8 Å². The van der Waals surface area contributed by atoms with Crippen LogP contribution in [0.15, 0.2) is 61.0 Å². The number of rotatable bonds is 8. The van der Waals surface area contributed by atoms with Crippen LogP contribution in [0.2, 0.25) is 0 Å². The van der Waals surface area contributed by atoms with Crippen molar-refractivity contribution in [2.24, 2.45) is 5.92 Å². The third-order valence-corrected chi connectivity index (χ3v) is 5.02. The SMILES string of the molecule is C=C(NC(=O)C(=C)N1Cc2c(cccc2-c2cc(F)cc(OCC(C)C)c2)C1=O)C(=O)OC. The number of halogens is 1. The molecular weight excluding hydrogens is 427 g/mol. The van der Waals surface area contributed by atoms with E-state index in [-0.39, 0.29) is 23.9 Å². The van der Waals surface area contributed by atoms with E-state index in [1.165, 1.54) is 17.0 Å². The standard InChI is InChI=1S/C25H25FN2O5/c1-14(2)13-33-19-10-17(9-18(26)11-19)20-7-6-8-21-22(20)12-28(24(21)30)16(4)23(29)27-15(3)25(31)32-5/h6-11,14H,3-4,12-13H2,1-2,5H3,(H,27,29). The van der Waals surface area contributed by atoms with Gasteiger partial charge >= 0.3 is 5.97 Å². The Hall–Kier alpha value is -3.94. The molecular formula is C25H25FN2O5. The monoisotopic (exact) mass is 452 g/mol. The average molecular weight is 452 g/mol. The number of nitrogens with one attached hydrogen (secondary N) is 1. The average Bonchev–Trinajstić information content (AvgIpc) is 3.12. The maximum Gasteiger partial charge on any atom is 0.353 e. The molecule has 0 atom stereocenters. The Balaban J connectivity index is 1.88. The molecule has 3 rings (SSSR count). The summed E-state index contributed by atoms with van der Waals surface area (Å²) in [6, 6.07) is 9.50. The zero-order chi connectivity index (χ0) is 24.3. The normalized spacial score (nSPS) is 12.4. The van der Waals surface area contributed by atoms with Gasteiger partial charge in [0.15, 0.2) is 0 Å². The summed E-state index contributed by atoms with van der Waals surface area (Å²) in [6.45, 7) is 11.6. The Kier molecular flexibility index (Phi) is 6.96. The first-order chi connectivity index (χ1) is 15.6. The summed E-state index contributed by atoms with van der Waals surface area (Å²) in [6.07, 6.45) is 0. The number of nitrogens with zero attached hydrogens (tertiary/aromatic N) is 1. The molecule has 0 fully saturated rings. The largest absolute Gasteiger partial charge is 0.493 e. The molecule has 0 aromatic heterocycles. The minimum Gasteiger partial charge on any atom is -0.493 e. The molecule has 2 aromatic carbocycles. The summed E-state index contributed by atoms with van der Waals surface area (Å²) in [4.78, 5) is 38.2. The van der Waals surface area contributed by atoms with Crippen molar-refractivity contribution in [3.63, 3.8) is 0 Å². The highest BCUT2D eigenvalue weighted by atomic mass is 19.1. The maximum atomic E-state index is 14.3. The molecule has 2 aromatic rings. The molecule has 0 saturated heterocycles. The second-order valence-electron chi connectivity index (χ2n) is 7.97. The molecule has 0 aliphatic carbocycles. The Bertz CT molecular complexity index is 1160. The van der Waals surface area contributed by atoms with Gasteiger partial charge < -0.3 is 14.8 Å². The molecule has 1 aliphatic heterocycles. The molecule has 0 radical (unpaired) electrons. The molecule has 8 heteroatoms. The Morgan fingerprint density at radius 1 is 1.18 bits per heavy atom. The van der Waals surface area contributed by atoms with Gasteiger partial charge in [0.2, 0.25) is 0 Å². The van der Waals surface area contributed by atoms with Gasteiger partial charge in [0.1, 0.15) is 23.0 Å². The lowest BCUT2D eigenvalue weighted by Gasteiger charge is -2.18. The van der Waals surface area contributed by atoms with E-state index < -0.39 is 23.6 Å². The molecule has 0 saturated carbocycles. The van der Waals surface area contributed by atoms with Gasteiger partial charge in [0, 0.05) is 11.6 Å². The minimum atomic E-state index is -0.809. The maximum absolute atomic E-state index is 14.3. The van der Waals surface area contributed by atoms with Gasteiger partial charge in [-0.15, -0.1) is 0 Å². The van der Waals surface area contributed by atoms with Crippen molar-refractivity contribution >= 4 is 17.8 Å². The van der Waals surface area contributed by atoms with Crippen molar-refractivity contribution in [3.8, 4) is 16.9 Å². The van der Waals surface area contributed by atoms with Crippen molar-refractivity contribution in [1.82, 2.24) is 10.2 Å². The van der Waals surface area contributed by atoms with Crippen LogP contribution >= 0.6 is 0 Å². The van der Waals surface area contributed by atoms with E-state index in [1.54, 1.807) is 24.3 Å². The summed E-state index contributed by atoms with van der Waals surface area (Å²) in [5.74, 6) is -1.79. The van der Waals surface area contributed by atoms with Gasteiger partial charge in [-0.05, 0) is 40.8 Å². The predicted octanol–water partition coefficient (Wildman–Crippen LogP) is 3.80. The topological polar surface area (TPSA) is 84.9 Å². The number of benzene rings is 2. The number of carbonyl (C=O) groups excluding carboxylic acids is 3. The van der Waals surface area contributed by atoms with Crippen molar-refractivity contribution in [1.29, 1.82) is 0 Å². The summed E-state index contributed by atoms with van der Waals surface area (Å²) >= 11 is 0. The van der Waals surface area contributed by atoms with E-state index >= 15 is 0 Å². The number of ether oxygens (including phenoxy) is 2. The predicted molar refractivity (Wildman–Crippen MR) is 120 cm³/mol. The van der Waals surface area contributed by atoms with E-state index in [4.69, 9.17) is 4.74 Å². The van der Waals surface area contributed by atoms with Crippen LogP contribution in [0, 0.1) is 11.7 Å². The van der Waals surface area contributed by atoms with Gasteiger partial charge in [-0.1, -0.05) is 39.1 Å². The summed E-state index contributed by atoms with van der Waals surface area (Å²) in [5, 5.41) is 2.27. The van der Waals surface area contributed by atoms with Gasteiger partial charge in [-0.3, -0.25) is 14.5 Å². The van der Waals surface area contributed by atoms with Crippen molar-refractivity contribution in [3.05, 3.63) is 77.9 Å². The number of hydrogen-bond donors (Lipinski definition) is 1. The van der Waals surface area contributed by atoms with Crippen LogP contribution in [0.25, 0.3) is 11.1 Å². The van der Waals surface area contributed by atoms with E-state index in [0.717, 1.165) is 7.11 Å². The molecule has 0 unspecified atom stereocenters. The van der Waals surface area contributed by atoms with Gasteiger partial charge in [-0.2, -0.15) is 0 Å². The summed E-state index contributed by atoms with van der Waals surface area (Å²) in [7, 11) is 1.16. The molecule has 7 nitrogen and oxygen atoms in total. The lowest BCUT2D eigenvalue weighted by atomic mass is 9.96. The van der Waals surface area contributed by atoms with Crippen LogP contribution in [0.4, 0.5) is 4.39 Å². The van der Waals surface area contributed by atoms with Crippen LogP contribution < -0.4 is 10.1 Å². The fourth-order valence-electron chi connectivity index (χ4n) is 3.39. The van der Waals surface area contributed by atoms with Crippen molar-refractivity contribution in [2.75, 3.05) is 13.7 Å². The quantitative estimate of drug-likeness (QED) is 0.487. The van der Waals surface area contributed by atoms with E-state index in [1.807, 2.05) is 13.8 Å². The molecule has 0 spiro atoms. The fraction of sp³-hybridized carbons (Fsp3) is 0.240. The number of methoxy groups -OCH3 is 1. The smallest absolute Gasteiger partial charge is 0.353 e. The van der Waals surface area contributed by atoms with Gasteiger partial charge in [0.25, 0.3) is 11.8 Å². The second-order valence-corrected chi connectivity index (χ2v) is 7.97. The molecule has 2 amide bonds. The summed E-state index contributed by atoms with van der Waals surface area (Å²) in [5.41, 5.74) is 1.76. The molecule has 33 heavy (non-hydrogen) atoms. The highest BCUT2D eigenvalue weighted by Crippen LogP contribution is 2.36. The first-order valence-electron chi connectivity index (χ1n) is 10.3. The minimum absolute atomic E-state index is 0.0555. The number of fused-ring (bicyclic) bond motifs is 1. The van der Waals surface area contributed by atoms with Crippen molar-refractivity contribution < 1.29 is 28.2 Å². The lowest BCUT2D eigenvalue weighted by Crippen LogP contribution is -2.36. The van der Waals surface area contributed by atoms with Crippen LogP contribution in [-0.4, -0.2) is 36.4 Å². The molecule has 1 aliphatic rings. The molecule has 0 bridgehead atoms. The molecule has 1 heterocycles. The van der Waals surface area contributed by atoms with E-state index in [2.05, 4.69) is 23.2 Å². The van der Waals surface area contributed by atoms with E-state index in [9.17, 15) is 18.8 Å². The highest BCUT2D eigenvalue weighted by Gasteiger charge is 2.33. The molecule has 172 valence electrons. The van der Waals surface area contributed by atoms with Crippen LogP contribution in [-0.2, 0) is 20.9 Å². The number of carbonyl (C=O) groups is 3. The van der Waals surface area contributed by atoms with Crippen LogP contribution in [0.3, 0.4) is 0 Å². The summed E-state index contributed by atoms with van der Waals surface area (Å²) < 4.78 is 24.5. The number of hydrogen-bond acceptors (Lipinski definition) is 5. The Morgan fingerprint density at radius 3 is 2.55 bits per heavy atom. The third-order valence-electron chi connectivity index (χ3n) is 5.02. The zero-order valence-electron chi connectivity index (χ0n) is 18.7. The van der Waals surface area contributed by atoms with Gasteiger partial charge in [-0.25, -0.2) is 9.18 Å². The van der Waals surface area contributed by atoms with Gasteiger partial charge in [0.05, 0.1) is 20.3 Å². The fourth-order valence-corrected chi connectivity index (χ4v) is 3.39. The Labute approximate surface area is 191 Å². The first kappa shape index (κ1) is 23.7. The third kappa shape index (κ3) is 5.11.